The molecule has 1 heterocycles. The van der Waals surface area contributed by atoms with Gasteiger partial charge in [0.25, 0.3) is 0 Å². The average molecular weight is 320 g/mol. The molecule has 1 aromatic rings. The highest BCUT2D eigenvalue weighted by atomic mass is 16.5. The third-order valence-electron chi connectivity index (χ3n) is 3.84. The van der Waals surface area contributed by atoms with Crippen molar-refractivity contribution < 1.29 is 14.3 Å². The van der Waals surface area contributed by atoms with Crippen molar-refractivity contribution in [2.24, 2.45) is 5.92 Å². The first kappa shape index (κ1) is 17.6. The number of nitrogens with one attached hydrogen (secondary N) is 2. The van der Waals surface area contributed by atoms with Gasteiger partial charge in [-0.25, -0.2) is 4.79 Å². The largest absolute Gasteiger partial charge is 0.489 e. The van der Waals surface area contributed by atoms with Crippen LogP contribution in [0, 0.1) is 5.92 Å². The minimum atomic E-state index is -0.199. The smallest absolute Gasteiger partial charge is 0.319 e. The Kier molecular flexibility index (Phi) is 7.20. The van der Waals surface area contributed by atoms with Crippen LogP contribution in [0.4, 0.5) is 10.5 Å². The second kappa shape index (κ2) is 9.40. The Morgan fingerprint density at radius 1 is 1.35 bits per heavy atom. The van der Waals surface area contributed by atoms with Crippen molar-refractivity contribution in [3.05, 3.63) is 24.3 Å². The number of para-hydroxylation sites is 2. The monoisotopic (exact) mass is 320 g/mol. The molecule has 1 fully saturated rings. The van der Waals surface area contributed by atoms with Crippen LogP contribution >= 0.6 is 0 Å². The molecule has 1 unspecified atom stereocenters. The molecule has 0 saturated carbocycles. The van der Waals surface area contributed by atoms with Gasteiger partial charge in [-0.1, -0.05) is 26.0 Å². The van der Waals surface area contributed by atoms with Crippen molar-refractivity contribution in [3.8, 4) is 5.75 Å². The van der Waals surface area contributed by atoms with Crippen LogP contribution in [-0.4, -0.2) is 31.9 Å². The summed E-state index contributed by atoms with van der Waals surface area (Å²) < 4.78 is 11.5. The van der Waals surface area contributed by atoms with Crippen LogP contribution in [0.1, 0.15) is 39.5 Å². The van der Waals surface area contributed by atoms with Gasteiger partial charge in [0, 0.05) is 13.2 Å². The van der Waals surface area contributed by atoms with E-state index in [-0.39, 0.29) is 12.1 Å². The van der Waals surface area contributed by atoms with Gasteiger partial charge in [0.15, 0.2) is 0 Å². The molecule has 1 aliphatic heterocycles. The minimum absolute atomic E-state index is 0.150. The summed E-state index contributed by atoms with van der Waals surface area (Å²) in [5.41, 5.74) is 0.686. The first-order valence-electron chi connectivity index (χ1n) is 8.53. The van der Waals surface area contributed by atoms with Crippen LogP contribution in [0.25, 0.3) is 0 Å². The number of carbonyl (C=O) groups is 1. The molecule has 0 bridgehead atoms. The highest BCUT2D eigenvalue weighted by Crippen LogP contribution is 2.24. The van der Waals surface area contributed by atoms with Crippen LogP contribution in [0.3, 0.4) is 0 Å². The molecule has 2 N–H and O–H groups in total. The predicted octanol–water partition coefficient (Wildman–Crippen LogP) is 3.80. The van der Waals surface area contributed by atoms with E-state index in [9.17, 15) is 4.79 Å². The maximum Gasteiger partial charge on any atom is 0.319 e. The molecule has 1 saturated heterocycles. The number of anilines is 1. The number of ether oxygens (including phenoxy) is 2. The molecule has 0 aliphatic carbocycles. The molecule has 5 heteroatoms. The topological polar surface area (TPSA) is 59.6 Å². The standard InChI is InChI=1S/C18H28N2O3/c1-14(2)10-11-19-18(21)20-16-8-3-4-9-17(16)23-13-15-7-5-6-12-22-15/h3-4,8-9,14-15H,5-7,10-13H2,1-2H3,(H2,19,20,21). The quantitative estimate of drug-likeness (QED) is 0.803. The lowest BCUT2D eigenvalue weighted by Crippen LogP contribution is -2.30. The molecule has 0 radical (unpaired) electrons. The fraction of sp³-hybridized carbons (Fsp3) is 0.611. The lowest BCUT2D eigenvalue weighted by molar-refractivity contribution is -0.0109. The highest BCUT2D eigenvalue weighted by Gasteiger charge is 2.15. The Balaban J connectivity index is 1.82. The fourth-order valence-electron chi connectivity index (χ4n) is 2.46. The van der Waals surface area contributed by atoms with Gasteiger partial charge in [-0.15, -0.1) is 0 Å². The van der Waals surface area contributed by atoms with Crippen molar-refractivity contribution in [2.75, 3.05) is 25.1 Å². The third kappa shape index (κ3) is 6.48. The van der Waals surface area contributed by atoms with Gasteiger partial charge < -0.3 is 20.1 Å². The van der Waals surface area contributed by atoms with Gasteiger partial charge in [0.05, 0.1) is 11.8 Å². The average Bonchev–Trinajstić information content (AvgIpc) is 2.54. The summed E-state index contributed by atoms with van der Waals surface area (Å²) in [5.74, 6) is 1.25. The van der Waals surface area contributed by atoms with Crippen molar-refractivity contribution in [1.82, 2.24) is 5.32 Å². The van der Waals surface area contributed by atoms with Gasteiger partial charge >= 0.3 is 6.03 Å². The van der Waals surface area contributed by atoms with Crippen molar-refractivity contribution >= 4 is 11.7 Å². The lowest BCUT2D eigenvalue weighted by atomic mass is 10.1. The fourth-order valence-corrected chi connectivity index (χ4v) is 2.46. The van der Waals surface area contributed by atoms with Crippen LogP contribution < -0.4 is 15.4 Å². The molecule has 128 valence electrons. The summed E-state index contributed by atoms with van der Waals surface area (Å²) in [4.78, 5) is 11.9. The van der Waals surface area contributed by atoms with E-state index in [0.717, 1.165) is 25.9 Å². The SMILES string of the molecule is CC(C)CCNC(=O)Nc1ccccc1OCC1CCCCO1. The summed E-state index contributed by atoms with van der Waals surface area (Å²) >= 11 is 0. The van der Waals surface area contributed by atoms with Gasteiger partial charge in [-0.3, -0.25) is 0 Å². The van der Waals surface area contributed by atoms with Crippen LogP contribution in [0.15, 0.2) is 24.3 Å². The number of benzene rings is 1. The Morgan fingerprint density at radius 2 is 2.17 bits per heavy atom. The van der Waals surface area contributed by atoms with Gasteiger partial charge in [-0.2, -0.15) is 0 Å². The molecule has 23 heavy (non-hydrogen) atoms. The van der Waals surface area contributed by atoms with Crippen molar-refractivity contribution in [1.29, 1.82) is 0 Å². The highest BCUT2D eigenvalue weighted by molar-refractivity contribution is 5.90. The number of rotatable bonds is 7. The van der Waals surface area contributed by atoms with Crippen LogP contribution in [0.5, 0.6) is 5.75 Å². The zero-order chi connectivity index (χ0) is 16.5. The van der Waals surface area contributed by atoms with E-state index in [4.69, 9.17) is 9.47 Å². The second-order valence-electron chi connectivity index (χ2n) is 6.36. The Labute approximate surface area is 138 Å². The number of carbonyl (C=O) groups excluding carboxylic acids is 1. The van der Waals surface area contributed by atoms with Gasteiger partial charge in [-0.05, 0) is 43.7 Å². The minimum Gasteiger partial charge on any atom is -0.489 e. The van der Waals surface area contributed by atoms with E-state index >= 15 is 0 Å². The van der Waals surface area contributed by atoms with Crippen molar-refractivity contribution in [2.45, 2.75) is 45.6 Å². The van der Waals surface area contributed by atoms with E-state index in [1.165, 1.54) is 6.42 Å². The molecule has 0 aromatic heterocycles. The summed E-state index contributed by atoms with van der Waals surface area (Å²) in [5, 5.41) is 5.72. The number of amides is 2. The molecule has 5 nitrogen and oxygen atoms in total. The van der Waals surface area contributed by atoms with E-state index in [1.807, 2.05) is 24.3 Å². The molecular formula is C18H28N2O3. The summed E-state index contributed by atoms with van der Waals surface area (Å²) in [6.45, 7) is 6.27. The maximum atomic E-state index is 11.9. The predicted molar refractivity (Wildman–Crippen MR) is 92.0 cm³/mol. The van der Waals surface area contributed by atoms with E-state index in [2.05, 4.69) is 24.5 Å². The molecule has 1 aliphatic rings. The van der Waals surface area contributed by atoms with Crippen molar-refractivity contribution in [3.63, 3.8) is 0 Å². The molecule has 1 atom stereocenters. The first-order valence-corrected chi connectivity index (χ1v) is 8.53. The second-order valence-corrected chi connectivity index (χ2v) is 6.36. The van der Waals surface area contributed by atoms with Crippen LogP contribution in [-0.2, 0) is 4.74 Å². The number of hydrogen-bond donors (Lipinski definition) is 2. The zero-order valence-corrected chi connectivity index (χ0v) is 14.1. The number of urea groups is 1. The Hall–Kier alpha value is -1.75. The van der Waals surface area contributed by atoms with Crippen LogP contribution in [0.2, 0.25) is 0 Å². The summed E-state index contributed by atoms with van der Waals surface area (Å²) in [6.07, 6.45) is 4.46. The van der Waals surface area contributed by atoms with Gasteiger partial charge in [0.2, 0.25) is 0 Å². The van der Waals surface area contributed by atoms with E-state index in [1.54, 1.807) is 0 Å². The molecular weight excluding hydrogens is 292 g/mol. The Morgan fingerprint density at radius 3 is 2.91 bits per heavy atom. The molecule has 2 amide bonds. The Bertz CT molecular complexity index is 485. The summed E-state index contributed by atoms with van der Waals surface area (Å²) in [6, 6.07) is 7.30. The molecule has 1 aromatic carbocycles. The third-order valence-corrected chi connectivity index (χ3v) is 3.84. The molecule has 2 rings (SSSR count). The number of hydrogen-bond acceptors (Lipinski definition) is 3. The normalized spacial score (nSPS) is 17.8. The van der Waals surface area contributed by atoms with E-state index < -0.39 is 0 Å². The maximum absolute atomic E-state index is 11.9. The first-order chi connectivity index (χ1) is 11.1. The van der Waals surface area contributed by atoms with E-state index in [0.29, 0.717) is 30.5 Å². The lowest BCUT2D eigenvalue weighted by Gasteiger charge is -2.23. The molecule has 0 spiro atoms. The summed E-state index contributed by atoms with van der Waals surface area (Å²) in [7, 11) is 0. The van der Waals surface area contributed by atoms with Gasteiger partial charge in [0.1, 0.15) is 12.4 Å². The zero-order valence-electron chi connectivity index (χ0n) is 14.1.